The van der Waals surface area contributed by atoms with Crippen LogP contribution in [0.1, 0.15) is 62.2 Å². The summed E-state index contributed by atoms with van der Waals surface area (Å²) in [6, 6.07) is 5.32. The monoisotopic (exact) mass is 392 g/mol. The van der Waals surface area contributed by atoms with Gasteiger partial charge in [-0.25, -0.2) is 4.39 Å². The number of hydrogen-bond acceptors (Lipinski definition) is 3. The number of nitrogens with one attached hydrogen (secondary N) is 1. The molecule has 6 heteroatoms. The summed E-state index contributed by atoms with van der Waals surface area (Å²) in [5, 5.41) is 2.98. The molecule has 2 atom stereocenters. The van der Waals surface area contributed by atoms with E-state index in [4.69, 9.17) is 0 Å². The van der Waals surface area contributed by atoms with E-state index in [-0.39, 0.29) is 17.2 Å². The molecule has 4 nitrogen and oxygen atoms in total. The highest BCUT2D eigenvalue weighted by molar-refractivity contribution is 8.00. The predicted molar refractivity (Wildman–Crippen MR) is 107 cm³/mol. The summed E-state index contributed by atoms with van der Waals surface area (Å²) in [7, 11) is 0. The Labute approximate surface area is 165 Å². The fraction of sp³-hybridized carbons (Fsp3) is 0.619. The fourth-order valence-electron chi connectivity index (χ4n) is 4.05. The second-order valence-electron chi connectivity index (χ2n) is 7.51. The van der Waals surface area contributed by atoms with Crippen molar-refractivity contribution in [2.24, 2.45) is 5.92 Å². The van der Waals surface area contributed by atoms with Gasteiger partial charge >= 0.3 is 0 Å². The summed E-state index contributed by atoms with van der Waals surface area (Å²) in [6.45, 7) is 2.71. The number of carbonyl (C=O) groups excluding carboxylic acids is 2. The third kappa shape index (κ3) is 4.84. The molecule has 1 aliphatic carbocycles. The van der Waals surface area contributed by atoms with E-state index in [0.717, 1.165) is 25.7 Å². The van der Waals surface area contributed by atoms with Crippen molar-refractivity contribution in [1.82, 2.24) is 10.2 Å². The van der Waals surface area contributed by atoms with E-state index < -0.39 is 11.9 Å². The minimum Gasteiger partial charge on any atom is -0.354 e. The molecule has 1 aromatic carbocycles. The van der Waals surface area contributed by atoms with Gasteiger partial charge in [0.15, 0.2) is 0 Å². The normalized spacial score (nSPS) is 23.4. The number of unbranched alkanes of at least 4 members (excludes halogenated alkanes) is 1. The van der Waals surface area contributed by atoms with Gasteiger partial charge in [-0.05, 0) is 43.4 Å². The molecular weight excluding hydrogens is 363 g/mol. The second kappa shape index (κ2) is 9.58. The molecule has 0 unspecified atom stereocenters. The van der Waals surface area contributed by atoms with Crippen molar-refractivity contribution < 1.29 is 14.0 Å². The smallest absolute Gasteiger partial charge is 0.255 e. The molecule has 0 aromatic heterocycles. The van der Waals surface area contributed by atoms with E-state index in [1.807, 2.05) is 0 Å². The van der Waals surface area contributed by atoms with Crippen molar-refractivity contribution in [1.29, 1.82) is 0 Å². The maximum atomic E-state index is 13.7. The van der Waals surface area contributed by atoms with Crippen LogP contribution in [0.3, 0.4) is 0 Å². The average molecular weight is 393 g/mol. The summed E-state index contributed by atoms with van der Waals surface area (Å²) in [5.74, 6) is 0.283. The Kier molecular flexibility index (Phi) is 7.16. The zero-order valence-electron chi connectivity index (χ0n) is 16.0. The highest BCUT2D eigenvalue weighted by atomic mass is 32.2. The Morgan fingerprint density at radius 2 is 2.04 bits per heavy atom. The van der Waals surface area contributed by atoms with E-state index in [9.17, 15) is 14.0 Å². The Morgan fingerprint density at radius 1 is 1.26 bits per heavy atom. The van der Waals surface area contributed by atoms with Gasteiger partial charge in [0, 0.05) is 17.9 Å². The molecule has 1 saturated heterocycles. The minimum absolute atomic E-state index is 0.00277. The molecule has 1 N–H and O–H groups in total. The Bertz CT molecular complexity index is 663. The lowest BCUT2D eigenvalue weighted by Gasteiger charge is -2.35. The molecular formula is C21H29FN2O2S. The number of benzene rings is 1. The van der Waals surface area contributed by atoms with Gasteiger partial charge in [0.05, 0.1) is 5.37 Å². The number of carbonyl (C=O) groups is 2. The first-order chi connectivity index (χ1) is 13.1. The number of nitrogens with zero attached hydrogens (tertiary/aromatic N) is 1. The number of amides is 2. The van der Waals surface area contributed by atoms with Crippen LogP contribution in [0.15, 0.2) is 24.3 Å². The van der Waals surface area contributed by atoms with Crippen LogP contribution in [-0.4, -0.2) is 40.4 Å². The van der Waals surface area contributed by atoms with Crippen molar-refractivity contribution >= 4 is 23.6 Å². The number of rotatable bonds is 6. The van der Waals surface area contributed by atoms with Crippen molar-refractivity contribution in [3.63, 3.8) is 0 Å². The van der Waals surface area contributed by atoms with Crippen LogP contribution in [0.2, 0.25) is 0 Å². The van der Waals surface area contributed by atoms with E-state index in [2.05, 4.69) is 12.2 Å². The van der Waals surface area contributed by atoms with Crippen molar-refractivity contribution in [3.05, 3.63) is 35.6 Å². The van der Waals surface area contributed by atoms with Crippen molar-refractivity contribution in [2.75, 3.05) is 12.3 Å². The number of hydrogen-bond donors (Lipinski definition) is 1. The van der Waals surface area contributed by atoms with Crippen LogP contribution in [0, 0.1) is 11.7 Å². The van der Waals surface area contributed by atoms with E-state index in [0.29, 0.717) is 23.8 Å². The first-order valence-electron chi connectivity index (χ1n) is 10.1. The molecule has 1 aromatic rings. The number of thioether (sulfide) groups is 1. The topological polar surface area (TPSA) is 49.4 Å². The quantitative estimate of drug-likeness (QED) is 0.738. The maximum Gasteiger partial charge on any atom is 0.255 e. The number of halogens is 1. The highest BCUT2D eigenvalue weighted by Crippen LogP contribution is 2.41. The maximum absolute atomic E-state index is 13.7. The van der Waals surface area contributed by atoms with Crippen LogP contribution < -0.4 is 5.32 Å². The summed E-state index contributed by atoms with van der Waals surface area (Å²) in [6.07, 6.45) is 7.72. The van der Waals surface area contributed by atoms with Crippen LogP contribution in [0.25, 0.3) is 0 Å². The van der Waals surface area contributed by atoms with Gasteiger partial charge < -0.3 is 10.2 Å². The van der Waals surface area contributed by atoms with Gasteiger partial charge in [0.25, 0.3) is 5.91 Å². The molecule has 0 bridgehead atoms. The molecule has 1 heterocycles. The van der Waals surface area contributed by atoms with Gasteiger partial charge in [-0.2, -0.15) is 0 Å². The van der Waals surface area contributed by atoms with Gasteiger partial charge in [0.1, 0.15) is 11.9 Å². The lowest BCUT2D eigenvalue weighted by molar-refractivity contribution is -0.125. The largest absolute Gasteiger partial charge is 0.354 e. The lowest BCUT2D eigenvalue weighted by atomic mass is 9.88. The van der Waals surface area contributed by atoms with E-state index in [1.54, 1.807) is 28.8 Å². The van der Waals surface area contributed by atoms with Crippen molar-refractivity contribution in [3.8, 4) is 0 Å². The molecule has 1 saturated carbocycles. The van der Waals surface area contributed by atoms with Crippen LogP contribution >= 0.6 is 11.8 Å². The van der Waals surface area contributed by atoms with Gasteiger partial charge in [0.2, 0.25) is 5.91 Å². The third-order valence-corrected chi connectivity index (χ3v) is 6.99. The van der Waals surface area contributed by atoms with Gasteiger partial charge in [-0.1, -0.05) is 38.7 Å². The second-order valence-corrected chi connectivity index (χ2v) is 8.65. The predicted octanol–water partition coefficient (Wildman–Crippen LogP) is 4.21. The first-order valence-corrected chi connectivity index (χ1v) is 11.1. The van der Waals surface area contributed by atoms with Crippen molar-refractivity contribution in [2.45, 2.75) is 63.3 Å². The first kappa shape index (κ1) is 20.2. The average Bonchev–Trinajstić information content (AvgIpc) is 3.13. The lowest BCUT2D eigenvalue weighted by Crippen LogP contribution is -2.51. The zero-order chi connectivity index (χ0) is 19.2. The Hall–Kier alpha value is -1.56. The third-order valence-electron chi connectivity index (χ3n) is 5.53. The molecule has 0 radical (unpaired) electrons. The zero-order valence-corrected chi connectivity index (χ0v) is 16.8. The molecule has 1 aliphatic heterocycles. The summed E-state index contributed by atoms with van der Waals surface area (Å²) < 4.78 is 13.7. The molecule has 2 aliphatic rings. The minimum atomic E-state index is -0.477. The summed E-state index contributed by atoms with van der Waals surface area (Å²) in [4.78, 5) is 27.8. The summed E-state index contributed by atoms with van der Waals surface area (Å²) in [5.41, 5.74) is 0.324. The SMILES string of the molecule is CCCCNC(=O)[C@H]1CS[C@@H](C2CCCCC2)N1C(=O)c1cccc(F)c1. The van der Waals surface area contributed by atoms with Crippen LogP contribution in [-0.2, 0) is 4.79 Å². The Balaban J connectivity index is 1.82. The molecule has 27 heavy (non-hydrogen) atoms. The summed E-state index contributed by atoms with van der Waals surface area (Å²) >= 11 is 1.71. The molecule has 2 amide bonds. The van der Waals surface area contributed by atoms with Gasteiger partial charge in [-0.15, -0.1) is 11.8 Å². The molecule has 2 fully saturated rings. The highest BCUT2D eigenvalue weighted by Gasteiger charge is 2.45. The van der Waals surface area contributed by atoms with Crippen LogP contribution in [0.5, 0.6) is 0 Å². The van der Waals surface area contributed by atoms with Gasteiger partial charge in [-0.3, -0.25) is 9.59 Å². The van der Waals surface area contributed by atoms with Crippen LogP contribution in [0.4, 0.5) is 4.39 Å². The van der Waals surface area contributed by atoms with E-state index >= 15 is 0 Å². The van der Waals surface area contributed by atoms with E-state index in [1.165, 1.54) is 31.4 Å². The Morgan fingerprint density at radius 3 is 2.74 bits per heavy atom. The molecule has 148 valence electrons. The molecule has 3 rings (SSSR count). The fourth-order valence-corrected chi connectivity index (χ4v) is 5.69. The standard InChI is InChI=1S/C21H29FN2O2S/c1-2-3-12-23-19(25)18-14-27-21(15-8-5-4-6-9-15)24(18)20(26)16-10-7-11-17(22)13-16/h7,10-11,13,15,18,21H,2-6,8-9,12,14H2,1H3,(H,23,25)/t18-,21+/m1/s1. The molecule has 0 spiro atoms.